The van der Waals surface area contributed by atoms with Crippen LogP contribution in [-0.2, 0) is 0 Å². The molecule has 1 unspecified atom stereocenters. The third-order valence-corrected chi connectivity index (χ3v) is 3.43. The van der Waals surface area contributed by atoms with Crippen LogP contribution in [0, 0.1) is 0 Å². The van der Waals surface area contributed by atoms with E-state index in [0.717, 1.165) is 24.7 Å². The first-order chi connectivity index (χ1) is 8.22. The Labute approximate surface area is 103 Å². The van der Waals surface area contributed by atoms with Crippen molar-refractivity contribution in [3.8, 4) is 0 Å². The summed E-state index contributed by atoms with van der Waals surface area (Å²) in [6.45, 7) is 4.93. The first-order valence-electron chi connectivity index (χ1n) is 6.22. The van der Waals surface area contributed by atoms with Crippen molar-refractivity contribution in [3.05, 3.63) is 12.4 Å². The maximum absolute atomic E-state index is 5.68. The maximum atomic E-state index is 5.68. The molecule has 2 N–H and O–H groups in total. The van der Waals surface area contributed by atoms with Crippen LogP contribution in [0.15, 0.2) is 12.4 Å². The normalized spacial score (nSPS) is 17.2. The number of anilines is 2. The van der Waals surface area contributed by atoms with E-state index >= 15 is 0 Å². The highest BCUT2D eigenvalue weighted by atomic mass is 15.2. The van der Waals surface area contributed by atoms with E-state index in [1.165, 1.54) is 12.8 Å². The molecule has 0 saturated carbocycles. The summed E-state index contributed by atoms with van der Waals surface area (Å²) in [5, 5.41) is 0. The zero-order chi connectivity index (χ0) is 12.3. The van der Waals surface area contributed by atoms with E-state index in [1.807, 2.05) is 7.05 Å². The molecule has 0 spiro atoms. The Kier molecular flexibility index (Phi) is 3.78. The predicted molar refractivity (Wildman–Crippen MR) is 70.4 cm³/mol. The lowest BCUT2D eigenvalue weighted by Crippen LogP contribution is -2.36. The van der Waals surface area contributed by atoms with Crippen LogP contribution in [0.2, 0.25) is 0 Å². The van der Waals surface area contributed by atoms with Crippen molar-refractivity contribution in [2.45, 2.75) is 25.8 Å². The van der Waals surface area contributed by atoms with Gasteiger partial charge in [-0.1, -0.05) is 0 Å². The second-order valence-electron chi connectivity index (χ2n) is 4.62. The van der Waals surface area contributed by atoms with Crippen molar-refractivity contribution in [1.82, 2.24) is 9.97 Å². The molecule has 5 heteroatoms. The van der Waals surface area contributed by atoms with Gasteiger partial charge in [0, 0.05) is 38.8 Å². The number of rotatable bonds is 4. The van der Waals surface area contributed by atoms with Crippen LogP contribution in [0.4, 0.5) is 11.6 Å². The largest absolute Gasteiger partial charge is 0.356 e. The standard InChI is InChI=1S/C12H21N5/c1-10(8-13)16(2)11-7-12(15-9-14-11)17-5-3-4-6-17/h7,9-10H,3-6,8,13H2,1-2H3. The van der Waals surface area contributed by atoms with Crippen molar-refractivity contribution in [2.24, 2.45) is 5.73 Å². The van der Waals surface area contributed by atoms with Gasteiger partial charge in [0.2, 0.25) is 0 Å². The third kappa shape index (κ3) is 2.66. The van der Waals surface area contributed by atoms with Gasteiger partial charge >= 0.3 is 0 Å². The second-order valence-corrected chi connectivity index (χ2v) is 4.62. The Balaban J connectivity index is 2.15. The number of hydrogen-bond acceptors (Lipinski definition) is 5. The number of nitrogens with zero attached hydrogens (tertiary/aromatic N) is 4. The molecular weight excluding hydrogens is 214 g/mol. The van der Waals surface area contributed by atoms with Crippen LogP contribution >= 0.6 is 0 Å². The molecule has 1 atom stereocenters. The average Bonchev–Trinajstić information content (AvgIpc) is 2.91. The summed E-state index contributed by atoms with van der Waals surface area (Å²) >= 11 is 0. The molecule has 1 fully saturated rings. The number of nitrogens with two attached hydrogens (primary N) is 1. The molecule has 5 nitrogen and oxygen atoms in total. The SMILES string of the molecule is CC(CN)N(C)c1cc(N2CCCC2)ncn1. The van der Waals surface area contributed by atoms with Crippen LogP contribution in [-0.4, -0.2) is 42.7 Å². The molecule has 2 heterocycles. The quantitative estimate of drug-likeness (QED) is 0.839. The van der Waals surface area contributed by atoms with E-state index in [4.69, 9.17) is 5.73 Å². The van der Waals surface area contributed by atoms with E-state index in [-0.39, 0.29) is 6.04 Å². The lowest BCUT2D eigenvalue weighted by Gasteiger charge is -2.25. The predicted octanol–water partition coefficient (Wildman–Crippen LogP) is 0.860. The minimum Gasteiger partial charge on any atom is -0.356 e. The van der Waals surface area contributed by atoms with Crippen molar-refractivity contribution >= 4 is 11.6 Å². The van der Waals surface area contributed by atoms with Crippen LogP contribution in [0.1, 0.15) is 19.8 Å². The minimum absolute atomic E-state index is 0.288. The minimum atomic E-state index is 0.288. The van der Waals surface area contributed by atoms with E-state index in [1.54, 1.807) is 6.33 Å². The molecule has 0 aromatic carbocycles. The van der Waals surface area contributed by atoms with Crippen LogP contribution in [0.3, 0.4) is 0 Å². The fourth-order valence-corrected chi connectivity index (χ4v) is 2.03. The number of likely N-dealkylation sites (N-methyl/N-ethyl adjacent to an activating group) is 1. The van der Waals surface area contributed by atoms with Gasteiger partial charge in [0.05, 0.1) is 0 Å². The highest BCUT2D eigenvalue weighted by Crippen LogP contribution is 2.21. The van der Waals surface area contributed by atoms with Crippen molar-refractivity contribution in [2.75, 3.05) is 36.5 Å². The molecule has 1 aromatic rings. The Morgan fingerprint density at radius 2 is 2.12 bits per heavy atom. The summed E-state index contributed by atoms with van der Waals surface area (Å²) in [6, 6.07) is 2.34. The molecule has 0 bridgehead atoms. The van der Waals surface area contributed by atoms with E-state index in [9.17, 15) is 0 Å². The topological polar surface area (TPSA) is 58.3 Å². The molecule has 0 amide bonds. The third-order valence-electron chi connectivity index (χ3n) is 3.43. The number of aromatic nitrogens is 2. The second kappa shape index (κ2) is 5.31. The molecule has 1 aliphatic rings. The smallest absolute Gasteiger partial charge is 0.134 e. The molecule has 2 rings (SSSR count). The van der Waals surface area contributed by atoms with Gasteiger partial charge in [-0.15, -0.1) is 0 Å². The van der Waals surface area contributed by atoms with Crippen LogP contribution in [0.5, 0.6) is 0 Å². The Morgan fingerprint density at radius 1 is 1.41 bits per heavy atom. The van der Waals surface area contributed by atoms with Crippen LogP contribution < -0.4 is 15.5 Å². The van der Waals surface area contributed by atoms with E-state index < -0.39 is 0 Å². The summed E-state index contributed by atoms with van der Waals surface area (Å²) in [5.74, 6) is 1.98. The fourth-order valence-electron chi connectivity index (χ4n) is 2.03. The molecule has 0 aliphatic carbocycles. The van der Waals surface area contributed by atoms with E-state index in [2.05, 4.69) is 32.8 Å². The fraction of sp³-hybridized carbons (Fsp3) is 0.667. The average molecular weight is 235 g/mol. The highest BCUT2D eigenvalue weighted by molar-refractivity contribution is 5.50. The number of hydrogen-bond donors (Lipinski definition) is 1. The first kappa shape index (κ1) is 12.1. The molecule has 1 aliphatic heterocycles. The molecular formula is C12H21N5. The Hall–Kier alpha value is -1.36. The first-order valence-corrected chi connectivity index (χ1v) is 6.22. The highest BCUT2D eigenvalue weighted by Gasteiger charge is 2.16. The summed E-state index contributed by atoms with van der Waals surface area (Å²) in [5.41, 5.74) is 5.68. The zero-order valence-corrected chi connectivity index (χ0v) is 10.6. The maximum Gasteiger partial charge on any atom is 0.134 e. The van der Waals surface area contributed by atoms with Gasteiger partial charge in [0.1, 0.15) is 18.0 Å². The lowest BCUT2D eigenvalue weighted by atomic mass is 10.3. The van der Waals surface area contributed by atoms with Gasteiger partial charge in [-0.3, -0.25) is 0 Å². The monoisotopic (exact) mass is 235 g/mol. The van der Waals surface area contributed by atoms with Crippen molar-refractivity contribution in [1.29, 1.82) is 0 Å². The summed E-state index contributed by atoms with van der Waals surface area (Å²) in [4.78, 5) is 13.1. The van der Waals surface area contributed by atoms with Crippen LogP contribution in [0.25, 0.3) is 0 Å². The van der Waals surface area contributed by atoms with Gasteiger partial charge in [0.25, 0.3) is 0 Å². The zero-order valence-electron chi connectivity index (χ0n) is 10.6. The summed E-state index contributed by atoms with van der Waals surface area (Å²) in [6.07, 6.45) is 4.16. The molecule has 94 valence electrons. The van der Waals surface area contributed by atoms with Gasteiger partial charge in [-0.05, 0) is 19.8 Å². The molecule has 0 radical (unpaired) electrons. The van der Waals surface area contributed by atoms with Gasteiger partial charge in [-0.2, -0.15) is 0 Å². The Bertz CT molecular complexity index is 362. The Morgan fingerprint density at radius 3 is 2.76 bits per heavy atom. The molecule has 1 aromatic heterocycles. The lowest BCUT2D eigenvalue weighted by molar-refractivity contribution is 0.686. The molecule has 1 saturated heterocycles. The summed E-state index contributed by atoms with van der Waals surface area (Å²) < 4.78 is 0. The van der Waals surface area contributed by atoms with Gasteiger partial charge in [-0.25, -0.2) is 9.97 Å². The summed E-state index contributed by atoms with van der Waals surface area (Å²) in [7, 11) is 2.02. The molecule has 17 heavy (non-hydrogen) atoms. The van der Waals surface area contributed by atoms with Crippen molar-refractivity contribution in [3.63, 3.8) is 0 Å². The van der Waals surface area contributed by atoms with Gasteiger partial charge < -0.3 is 15.5 Å². The van der Waals surface area contributed by atoms with Gasteiger partial charge in [0.15, 0.2) is 0 Å². The van der Waals surface area contributed by atoms with Crippen molar-refractivity contribution < 1.29 is 0 Å². The van der Waals surface area contributed by atoms with E-state index in [0.29, 0.717) is 6.54 Å².